The molecule has 0 N–H and O–H groups in total. The van der Waals surface area contributed by atoms with Gasteiger partial charge in [0.25, 0.3) is 0 Å². The van der Waals surface area contributed by atoms with Crippen LogP contribution in [0.2, 0.25) is 0 Å². The summed E-state index contributed by atoms with van der Waals surface area (Å²) in [6.45, 7) is 5.30. The molecule has 0 bridgehead atoms. The van der Waals surface area contributed by atoms with E-state index in [2.05, 4.69) is 6.58 Å². The Bertz CT molecular complexity index is 282. The van der Waals surface area contributed by atoms with E-state index in [-0.39, 0.29) is 17.9 Å². The van der Waals surface area contributed by atoms with Crippen LogP contribution >= 0.6 is 0 Å². The van der Waals surface area contributed by atoms with Crippen molar-refractivity contribution in [3.63, 3.8) is 0 Å². The Labute approximate surface area is 81.5 Å². The van der Waals surface area contributed by atoms with Crippen molar-refractivity contribution in [1.29, 1.82) is 0 Å². The minimum Gasteiger partial charge on any atom is -0.495 e. The molecule has 0 aromatic rings. The third-order valence-electron chi connectivity index (χ3n) is 1.76. The molecule has 0 aromatic heterocycles. The third-order valence-corrected chi connectivity index (χ3v) is 1.76. The van der Waals surface area contributed by atoms with E-state index in [4.69, 9.17) is 9.47 Å². The first-order valence-electron chi connectivity index (χ1n) is 4.33. The highest BCUT2D eigenvalue weighted by atomic mass is 19.2. The number of halogens is 2. The SMILES string of the molecule is C=COC1=C(F)C(F)C(OCC)=CC1. The second-order valence-electron chi connectivity index (χ2n) is 2.66. The maximum absolute atomic E-state index is 13.3. The molecule has 2 nitrogen and oxygen atoms in total. The molecular formula is C10H12F2O2. The topological polar surface area (TPSA) is 18.5 Å². The predicted molar refractivity (Wildman–Crippen MR) is 48.6 cm³/mol. The smallest absolute Gasteiger partial charge is 0.211 e. The van der Waals surface area contributed by atoms with Gasteiger partial charge in [0.05, 0.1) is 12.9 Å². The van der Waals surface area contributed by atoms with Crippen molar-refractivity contribution in [2.75, 3.05) is 6.61 Å². The summed E-state index contributed by atoms with van der Waals surface area (Å²) in [5, 5.41) is 0. The molecule has 0 aromatic carbocycles. The highest BCUT2D eigenvalue weighted by molar-refractivity contribution is 5.25. The first kappa shape index (κ1) is 10.8. The van der Waals surface area contributed by atoms with Gasteiger partial charge in [0.15, 0.2) is 5.83 Å². The molecule has 1 atom stereocenters. The molecule has 0 radical (unpaired) electrons. The van der Waals surface area contributed by atoms with E-state index < -0.39 is 12.0 Å². The van der Waals surface area contributed by atoms with E-state index in [0.29, 0.717) is 6.61 Å². The van der Waals surface area contributed by atoms with E-state index >= 15 is 0 Å². The van der Waals surface area contributed by atoms with E-state index in [1.165, 1.54) is 6.08 Å². The molecule has 0 aliphatic heterocycles. The molecule has 1 unspecified atom stereocenters. The fraction of sp³-hybridized carbons (Fsp3) is 0.400. The zero-order valence-electron chi connectivity index (χ0n) is 7.93. The highest BCUT2D eigenvalue weighted by Gasteiger charge is 2.28. The molecule has 14 heavy (non-hydrogen) atoms. The van der Waals surface area contributed by atoms with Crippen molar-refractivity contribution in [2.24, 2.45) is 0 Å². The lowest BCUT2D eigenvalue weighted by atomic mass is 10.1. The van der Waals surface area contributed by atoms with E-state index in [1.807, 2.05) is 0 Å². The molecular weight excluding hydrogens is 190 g/mol. The summed E-state index contributed by atoms with van der Waals surface area (Å²) in [6, 6.07) is 0. The first-order valence-corrected chi connectivity index (χ1v) is 4.33. The van der Waals surface area contributed by atoms with Gasteiger partial charge in [0, 0.05) is 6.42 Å². The van der Waals surface area contributed by atoms with Crippen LogP contribution in [0, 0.1) is 0 Å². The summed E-state index contributed by atoms with van der Waals surface area (Å²) in [5.41, 5.74) is 0. The maximum Gasteiger partial charge on any atom is 0.211 e. The lowest BCUT2D eigenvalue weighted by molar-refractivity contribution is 0.155. The van der Waals surface area contributed by atoms with Crippen molar-refractivity contribution in [3.8, 4) is 0 Å². The molecule has 0 fully saturated rings. The Balaban J connectivity index is 2.74. The van der Waals surface area contributed by atoms with Gasteiger partial charge in [-0.15, -0.1) is 0 Å². The summed E-state index contributed by atoms with van der Waals surface area (Å²) in [7, 11) is 0. The molecule has 1 aliphatic carbocycles. The zero-order valence-corrected chi connectivity index (χ0v) is 7.93. The van der Waals surface area contributed by atoms with Gasteiger partial charge in [-0.2, -0.15) is 0 Å². The average molecular weight is 202 g/mol. The van der Waals surface area contributed by atoms with E-state index in [9.17, 15) is 8.78 Å². The average Bonchev–Trinajstić information content (AvgIpc) is 2.18. The van der Waals surface area contributed by atoms with Crippen LogP contribution in [0.5, 0.6) is 0 Å². The number of allylic oxidation sites excluding steroid dienone is 2. The van der Waals surface area contributed by atoms with Gasteiger partial charge in [-0.3, -0.25) is 0 Å². The second kappa shape index (κ2) is 4.79. The Hall–Kier alpha value is -1.32. The van der Waals surface area contributed by atoms with Gasteiger partial charge in [0.2, 0.25) is 6.17 Å². The molecule has 4 heteroatoms. The van der Waals surface area contributed by atoms with Gasteiger partial charge in [-0.25, -0.2) is 8.78 Å². The second-order valence-corrected chi connectivity index (χ2v) is 2.66. The van der Waals surface area contributed by atoms with Crippen LogP contribution in [0.4, 0.5) is 8.78 Å². The number of rotatable bonds is 4. The summed E-state index contributed by atoms with van der Waals surface area (Å²) in [6.07, 6.45) is 0.879. The van der Waals surface area contributed by atoms with Crippen LogP contribution in [0.25, 0.3) is 0 Å². The molecule has 0 spiro atoms. The minimum absolute atomic E-state index is 0.0152. The molecule has 78 valence electrons. The van der Waals surface area contributed by atoms with Crippen LogP contribution in [0.1, 0.15) is 13.3 Å². The number of hydrogen-bond acceptors (Lipinski definition) is 2. The Morgan fingerprint density at radius 2 is 2.43 bits per heavy atom. The molecule has 0 saturated heterocycles. The molecule has 0 saturated carbocycles. The predicted octanol–water partition coefficient (Wildman–Crippen LogP) is 2.99. The van der Waals surface area contributed by atoms with Crippen molar-refractivity contribution >= 4 is 0 Å². The molecule has 1 rings (SSSR count). The van der Waals surface area contributed by atoms with Crippen molar-refractivity contribution < 1.29 is 18.3 Å². The number of hydrogen-bond donors (Lipinski definition) is 0. The Morgan fingerprint density at radius 3 is 3.00 bits per heavy atom. The zero-order chi connectivity index (χ0) is 10.6. The fourth-order valence-corrected chi connectivity index (χ4v) is 1.16. The summed E-state index contributed by atoms with van der Waals surface area (Å²) < 4.78 is 36.1. The number of ether oxygens (including phenoxy) is 2. The van der Waals surface area contributed by atoms with Crippen molar-refractivity contribution in [3.05, 3.63) is 36.3 Å². The lowest BCUT2D eigenvalue weighted by Crippen LogP contribution is -2.15. The Morgan fingerprint density at radius 1 is 1.71 bits per heavy atom. The number of alkyl halides is 1. The van der Waals surface area contributed by atoms with Crippen LogP contribution in [0.15, 0.2) is 36.3 Å². The monoisotopic (exact) mass is 202 g/mol. The quantitative estimate of drug-likeness (QED) is 0.652. The van der Waals surface area contributed by atoms with Crippen LogP contribution in [-0.4, -0.2) is 12.8 Å². The minimum atomic E-state index is -1.85. The maximum atomic E-state index is 13.3. The molecule has 0 amide bonds. The van der Waals surface area contributed by atoms with Gasteiger partial charge in [-0.1, -0.05) is 6.58 Å². The normalized spacial score (nSPS) is 21.6. The van der Waals surface area contributed by atoms with E-state index in [1.54, 1.807) is 6.92 Å². The van der Waals surface area contributed by atoms with Crippen LogP contribution < -0.4 is 0 Å². The molecule has 0 heterocycles. The first-order chi connectivity index (χ1) is 6.70. The molecule has 1 aliphatic rings. The Kier molecular flexibility index (Phi) is 3.68. The van der Waals surface area contributed by atoms with Crippen molar-refractivity contribution in [1.82, 2.24) is 0 Å². The van der Waals surface area contributed by atoms with Crippen molar-refractivity contribution in [2.45, 2.75) is 19.5 Å². The van der Waals surface area contributed by atoms with Crippen LogP contribution in [-0.2, 0) is 9.47 Å². The van der Waals surface area contributed by atoms with E-state index in [0.717, 1.165) is 6.26 Å². The van der Waals surface area contributed by atoms with Gasteiger partial charge < -0.3 is 9.47 Å². The van der Waals surface area contributed by atoms with Gasteiger partial charge >= 0.3 is 0 Å². The summed E-state index contributed by atoms with van der Waals surface area (Å²) >= 11 is 0. The third kappa shape index (κ3) is 2.13. The lowest BCUT2D eigenvalue weighted by Gasteiger charge is -2.18. The highest BCUT2D eigenvalue weighted by Crippen LogP contribution is 2.29. The van der Waals surface area contributed by atoms with Crippen LogP contribution in [0.3, 0.4) is 0 Å². The summed E-state index contributed by atoms with van der Waals surface area (Å²) in [4.78, 5) is 0. The summed E-state index contributed by atoms with van der Waals surface area (Å²) in [5.74, 6) is -0.965. The standard InChI is InChI=1S/C10H12F2O2/c1-3-13-7-5-6-8(14-4-2)10(12)9(7)11/h3,6,10H,1,4-5H2,2H3. The fourth-order valence-electron chi connectivity index (χ4n) is 1.16. The van der Waals surface area contributed by atoms with Gasteiger partial charge in [0.1, 0.15) is 11.5 Å². The largest absolute Gasteiger partial charge is 0.495 e. The van der Waals surface area contributed by atoms with Gasteiger partial charge in [-0.05, 0) is 13.0 Å².